The Morgan fingerprint density at radius 1 is 1.60 bits per heavy atom. The minimum atomic E-state index is 0.360. The fraction of sp³-hybridized carbons (Fsp3) is 0.545. The SMILES string of the molecule is COC1CCN(c2ccc(CN)nc2)C1. The van der Waals surface area contributed by atoms with Gasteiger partial charge >= 0.3 is 0 Å². The van der Waals surface area contributed by atoms with Gasteiger partial charge in [0.05, 0.1) is 23.7 Å². The van der Waals surface area contributed by atoms with E-state index in [4.69, 9.17) is 10.5 Å². The first kappa shape index (κ1) is 10.4. The number of nitrogens with two attached hydrogens (primary N) is 1. The Hall–Kier alpha value is -1.13. The van der Waals surface area contributed by atoms with Gasteiger partial charge in [0.15, 0.2) is 0 Å². The van der Waals surface area contributed by atoms with E-state index < -0.39 is 0 Å². The lowest BCUT2D eigenvalue weighted by atomic mass is 10.3. The molecule has 1 unspecified atom stereocenters. The van der Waals surface area contributed by atoms with Crippen molar-refractivity contribution in [2.45, 2.75) is 19.1 Å². The molecule has 1 aromatic heterocycles. The van der Waals surface area contributed by atoms with Gasteiger partial charge in [-0.3, -0.25) is 4.98 Å². The van der Waals surface area contributed by atoms with Gasteiger partial charge in [-0.1, -0.05) is 0 Å². The predicted molar refractivity (Wildman–Crippen MR) is 59.8 cm³/mol. The fourth-order valence-electron chi connectivity index (χ4n) is 1.88. The summed E-state index contributed by atoms with van der Waals surface area (Å²) in [5, 5.41) is 0. The van der Waals surface area contributed by atoms with Gasteiger partial charge in [-0.05, 0) is 18.6 Å². The Morgan fingerprint density at radius 3 is 3.00 bits per heavy atom. The van der Waals surface area contributed by atoms with Gasteiger partial charge in [0.2, 0.25) is 0 Å². The van der Waals surface area contributed by atoms with Crippen LogP contribution in [0.3, 0.4) is 0 Å². The van der Waals surface area contributed by atoms with Crippen LogP contribution < -0.4 is 10.6 Å². The second-order valence-corrected chi connectivity index (χ2v) is 3.80. The predicted octanol–water partition coefficient (Wildman–Crippen LogP) is 0.765. The second-order valence-electron chi connectivity index (χ2n) is 3.80. The number of hydrogen-bond donors (Lipinski definition) is 1. The molecule has 2 heterocycles. The van der Waals surface area contributed by atoms with Gasteiger partial charge in [-0.2, -0.15) is 0 Å². The molecule has 4 heteroatoms. The molecule has 0 aliphatic carbocycles. The molecule has 0 aromatic carbocycles. The molecule has 82 valence electrons. The van der Waals surface area contributed by atoms with E-state index in [0.717, 1.165) is 30.9 Å². The van der Waals surface area contributed by atoms with Crippen molar-refractivity contribution in [1.29, 1.82) is 0 Å². The normalized spacial score (nSPS) is 20.9. The van der Waals surface area contributed by atoms with Crippen molar-refractivity contribution in [3.8, 4) is 0 Å². The van der Waals surface area contributed by atoms with E-state index in [1.807, 2.05) is 12.3 Å². The summed E-state index contributed by atoms with van der Waals surface area (Å²) in [5.41, 5.74) is 7.59. The van der Waals surface area contributed by atoms with Crippen LogP contribution in [-0.4, -0.2) is 31.3 Å². The highest BCUT2D eigenvalue weighted by atomic mass is 16.5. The van der Waals surface area contributed by atoms with Gasteiger partial charge in [0.25, 0.3) is 0 Å². The third-order valence-electron chi connectivity index (χ3n) is 2.86. The van der Waals surface area contributed by atoms with Crippen LogP contribution in [0.5, 0.6) is 0 Å². The Bertz CT molecular complexity index is 312. The van der Waals surface area contributed by atoms with Crippen LogP contribution >= 0.6 is 0 Å². The average molecular weight is 207 g/mol. The van der Waals surface area contributed by atoms with Crippen molar-refractivity contribution in [2.75, 3.05) is 25.1 Å². The van der Waals surface area contributed by atoms with E-state index in [2.05, 4.69) is 16.0 Å². The van der Waals surface area contributed by atoms with E-state index in [9.17, 15) is 0 Å². The number of pyridine rings is 1. The number of rotatable bonds is 3. The molecule has 1 aromatic rings. The number of anilines is 1. The lowest BCUT2D eigenvalue weighted by Crippen LogP contribution is -2.22. The number of hydrogen-bond acceptors (Lipinski definition) is 4. The van der Waals surface area contributed by atoms with Crippen molar-refractivity contribution in [2.24, 2.45) is 5.73 Å². The van der Waals surface area contributed by atoms with Crippen LogP contribution in [0.1, 0.15) is 12.1 Å². The second kappa shape index (κ2) is 4.59. The first-order valence-electron chi connectivity index (χ1n) is 5.26. The van der Waals surface area contributed by atoms with E-state index in [1.54, 1.807) is 7.11 Å². The van der Waals surface area contributed by atoms with Gasteiger partial charge in [0, 0.05) is 26.7 Å². The summed E-state index contributed by atoms with van der Waals surface area (Å²) in [5.74, 6) is 0. The standard InChI is InChI=1S/C11H17N3O/c1-15-11-4-5-14(8-11)10-3-2-9(6-12)13-7-10/h2-3,7,11H,4-6,8,12H2,1H3. The van der Waals surface area contributed by atoms with Crippen LogP contribution in [0, 0.1) is 0 Å². The molecule has 0 saturated carbocycles. The summed E-state index contributed by atoms with van der Waals surface area (Å²) in [6.07, 6.45) is 3.34. The van der Waals surface area contributed by atoms with Crippen LogP contribution in [-0.2, 0) is 11.3 Å². The minimum Gasteiger partial charge on any atom is -0.380 e. The lowest BCUT2D eigenvalue weighted by molar-refractivity contribution is 0.121. The number of ether oxygens (including phenoxy) is 1. The molecule has 0 radical (unpaired) electrons. The van der Waals surface area contributed by atoms with Crippen molar-refractivity contribution in [3.05, 3.63) is 24.0 Å². The minimum absolute atomic E-state index is 0.360. The first-order chi connectivity index (χ1) is 7.33. The quantitative estimate of drug-likeness (QED) is 0.795. The van der Waals surface area contributed by atoms with Crippen LogP contribution in [0.25, 0.3) is 0 Å². The van der Waals surface area contributed by atoms with E-state index in [-0.39, 0.29) is 0 Å². The molecule has 0 spiro atoms. The summed E-state index contributed by atoms with van der Waals surface area (Å²) < 4.78 is 5.33. The average Bonchev–Trinajstić information content (AvgIpc) is 2.78. The molecule has 1 fully saturated rings. The largest absolute Gasteiger partial charge is 0.380 e. The van der Waals surface area contributed by atoms with Crippen molar-refractivity contribution in [3.63, 3.8) is 0 Å². The van der Waals surface area contributed by atoms with Gasteiger partial charge in [-0.15, -0.1) is 0 Å². The zero-order valence-corrected chi connectivity index (χ0v) is 9.02. The topological polar surface area (TPSA) is 51.4 Å². The summed E-state index contributed by atoms with van der Waals surface area (Å²) in [7, 11) is 1.77. The molecular weight excluding hydrogens is 190 g/mol. The molecule has 2 rings (SSSR count). The summed E-state index contributed by atoms with van der Waals surface area (Å²) >= 11 is 0. The third kappa shape index (κ3) is 2.27. The zero-order valence-electron chi connectivity index (χ0n) is 9.02. The van der Waals surface area contributed by atoms with E-state index in [0.29, 0.717) is 12.6 Å². The maximum Gasteiger partial charge on any atom is 0.0762 e. The van der Waals surface area contributed by atoms with E-state index in [1.165, 1.54) is 0 Å². The molecule has 15 heavy (non-hydrogen) atoms. The number of nitrogens with zero attached hydrogens (tertiary/aromatic N) is 2. The first-order valence-corrected chi connectivity index (χ1v) is 5.26. The molecule has 1 aliphatic rings. The zero-order chi connectivity index (χ0) is 10.7. The third-order valence-corrected chi connectivity index (χ3v) is 2.86. The highest BCUT2D eigenvalue weighted by Crippen LogP contribution is 2.20. The Morgan fingerprint density at radius 2 is 2.47 bits per heavy atom. The maximum absolute atomic E-state index is 5.50. The summed E-state index contributed by atoms with van der Waals surface area (Å²) in [6, 6.07) is 4.06. The smallest absolute Gasteiger partial charge is 0.0762 e. The molecule has 1 saturated heterocycles. The van der Waals surface area contributed by atoms with Crippen LogP contribution in [0.15, 0.2) is 18.3 Å². The molecule has 4 nitrogen and oxygen atoms in total. The number of methoxy groups -OCH3 is 1. The van der Waals surface area contributed by atoms with Gasteiger partial charge in [-0.25, -0.2) is 0 Å². The Balaban J connectivity index is 2.04. The lowest BCUT2D eigenvalue weighted by Gasteiger charge is -2.17. The van der Waals surface area contributed by atoms with Gasteiger partial charge < -0.3 is 15.4 Å². The molecular formula is C11H17N3O. The Kier molecular flexibility index (Phi) is 3.18. The maximum atomic E-state index is 5.50. The molecule has 1 atom stereocenters. The Labute approximate surface area is 90.0 Å². The number of aromatic nitrogens is 1. The van der Waals surface area contributed by atoms with Gasteiger partial charge in [0.1, 0.15) is 0 Å². The van der Waals surface area contributed by atoms with Crippen molar-refractivity contribution in [1.82, 2.24) is 4.98 Å². The molecule has 0 amide bonds. The molecule has 2 N–H and O–H groups in total. The fourth-order valence-corrected chi connectivity index (χ4v) is 1.88. The molecule has 0 bridgehead atoms. The van der Waals surface area contributed by atoms with Crippen LogP contribution in [0.2, 0.25) is 0 Å². The van der Waals surface area contributed by atoms with E-state index >= 15 is 0 Å². The van der Waals surface area contributed by atoms with Crippen molar-refractivity contribution >= 4 is 5.69 Å². The summed E-state index contributed by atoms with van der Waals surface area (Å²) in [6.45, 7) is 2.50. The highest BCUT2D eigenvalue weighted by Gasteiger charge is 2.22. The summed E-state index contributed by atoms with van der Waals surface area (Å²) in [4.78, 5) is 6.58. The van der Waals surface area contributed by atoms with Crippen LogP contribution in [0.4, 0.5) is 5.69 Å². The highest BCUT2D eigenvalue weighted by molar-refractivity contribution is 5.45. The van der Waals surface area contributed by atoms with Crippen molar-refractivity contribution < 1.29 is 4.74 Å². The monoisotopic (exact) mass is 207 g/mol. The molecule has 1 aliphatic heterocycles.